The van der Waals surface area contributed by atoms with Crippen molar-refractivity contribution in [2.24, 2.45) is 0 Å². The van der Waals surface area contributed by atoms with Crippen molar-refractivity contribution in [2.75, 3.05) is 26.2 Å². The molecule has 1 fully saturated rings. The summed E-state index contributed by atoms with van der Waals surface area (Å²) in [5.74, 6) is -0.117. The predicted molar refractivity (Wildman–Crippen MR) is 55.1 cm³/mol. The van der Waals surface area contributed by atoms with E-state index in [1.54, 1.807) is 0 Å². The number of esters is 1. The van der Waals surface area contributed by atoms with Crippen molar-refractivity contribution in [3.05, 3.63) is 0 Å². The second-order valence-corrected chi connectivity index (χ2v) is 3.91. The van der Waals surface area contributed by atoms with E-state index in [2.05, 4.69) is 17.1 Å². The molecule has 0 spiro atoms. The lowest BCUT2D eigenvalue weighted by molar-refractivity contribution is -0.149. The van der Waals surface area contributed by atoms with Crippen LogP contribution in [0.1, 0.15) is 20.8 Å². The van der Waals surface area contributed by atoms with Gasteiger partial charge in [0.25, 0.3) is 0 Å². The van der Waals surface area contributed by atoms with Crippen LogP contribution in [0.2, 0.25) is 0 Å². The molecule has 1 saturated heterocycles. The second kappa shape index (κ2) is 5.32. The molecule has 1 heterocycles. The minimum absolute atomic E-state index is 0.0132. The molecule has 0 saturated carbocycles. The normalized spacial score (nSPS) is 17.2. The third-order valence-electron chi connectivity index (χ3n) is 2.38. The number of nitrogens with zero attached hydrogens (tertiary/aromatic N) is 1. The van der Waals surface area contributed by atoms with Gasteiger partial charge < -0.3 is 10.1 Å². The average molecular weight is 200 g/mol. The molecule has 0 radical (unpaired) electrons. The monoisotopic (exact) mass is 200 g/mol. The molecule has 1 N–H and O–H groups in total. The van der Waals surface area contributed by atoms with Gasteiger partial charge in [0.2, 0.25) is 0 Å². The third-order valence-corrected chi connectivity index (χ3v) is 2.38. The summed E-state index contributed by atoms with van der Waals surface area (Å²) in [5, 5.41) is 3.20. The molecule has 0 aromatic rings. The molecule has 14 heavy (non-hydrogen) atoms. The average Bonchev–Trinajstić information content (AvgIpc) is 1.98. The number of likely N-dealkylation sites (N-methyl/N-ethyl adjacent to an activating group) is 1. The summed E-state index contributed by atoms with van der Waals surface area (Å²) in [6.07, 6.45) is -0.0132. The van der Waals surface area contributed by atoms with Crippen LogP contribution in [0.3, 0.4) is 0 Å². The highest BCUT2D eigenvalue weighted by molar-refractivity contribution is 5.71. The van der Waals surface area contributed by atoms with Crippen molar-refractivity contribution in [3.8, 4) is 0 Å². The molecule has 0 amide bonds. The fourth-order valence-corrected chi connectivity index (χ4v) is 1.50. The number of rotatable bonds is 5. The van der Waals surface area contributed by atoms with E-state index in [1.165, 1.54) is 0 Å². The van der Waals surface area contributed by atoms with Crippen LogP contribution in [0.15, 0.2) is 0 Å². The standard InChI is InChI=1S/C10H20N2O2/c1-4-12(9-5-11-6-9)7-10(13)14-8(2)3/h8-9,11H,4-7H2,1-3H3. The maximum atomic E-state index is 11.4. The van der Waals surface area contributed by atoms with E-state index >= 15 is 0 Å². The Morgan fingerprint density at radius 1 is 1.57 bits per heavy atom. The van der Waals surface area contributed by atoms with Crippen LogP contribution in [0.4, 0.5) is 0 Å². The molecule has 0 bridgehead atoms. The SMILES string of the molecule is CCN(CC(=O)OC(C)C)C1CNC1. The lowest BCUT2D eigenvalue weighted by Crippen LogP contribution is -2.58. The first-order valence-corrected chi connectivity index (χ1v) is 5.27. The fraction of sp³-hybridized carbons (Fsp3) is 0.900. The molecule has 4 nitrogen and oxygen atoms in total. The molecule has 0 aromatic heterocycles. The highest BCUT2D eigenvalue weighted by Gasteiger charge is 2.25. The Balaban J connectivity index is 2.28. The van der Waals surface area contributed by atoms with Gasteiger partial charge in [-0.25, -0.2) is 0 Å². The Hall–Kier alpha value is -0.610. The zero-order valence-electron chi connectivity index (χ0n) is 9.25. The molecule has 82 valence electrons. The molecule has 1 rings (SSSR count). The predicted octanol–water partition coefficient (Wildman–Crippen LogP) is 0.232. The number of hydrogen-bond acceptors (Lipinski definition) is 4. The van der Waals surface area contributed by atoms with Crippen molar-refractivity contribution in [2.45, 2.75) is 32.9 Å². The third kappa shape index (κ3) is 3.27. The molecule has 1 aliphatic heterocycles. The smallest absolute Gasteiger partial charge is 0.320 e. The van der Waals surface area contributed by atoms with Crippen LogP contribution >= 0.6 is 0 Å². The summed E-state index contributed by atoms with van der Waals surface area (Å²) in [5.41, 5.74) is 0. The largest absolute Gasteiger partial charge is 0.462 e. The Morgan fingerprint density at radius 3 is 2.57 bits per heavy atom. The van der Waals surface area contributed by atoms with E-state index in [-0.39, 0.29) is 12.1 Å². The van der Waals surface area contributed by atoms with Gasteiger partial charge in [0.05, 0.1) is 12.6 Å². The van der Waals surface area contributed by atoms with E-state index in [9.17, 15) is 4.79 Å². The molecular weight excluding hydrogens is 180 g/mol. The number of carbonyl (C=O) groups excluding carboxylic acids is 1. The molecule has 0 unspecified atom stereocenters. The Labute approximate surface area is 85.6 Å². The topological polar surface area (TPSA) is 41.6 Å². The molecule has 0 atom stereocenters. The Bertz CT molecular complexity index is 191. The maximum absolute atomic E-state index is 11.4. The molecular formula is C10H20N2O2. The van der Waals surface area contributed by atoms with Crippen molar-refractivity contribution in [1.29, 1.82) is 0 Å². The zero-order chi connectivity index (χ0) is 10.6. The summed E-state index contributed by atoms with van der Waals surface area (Å²) in [4.78, 5) is 13.5. The van der Waals surface area contributed by atoms with E-state index in [0.29, 0.717) is 12.6 Å². The Morgan fingerprint density at radius 2 is 2.21 bits per heavy atom. The fourth-order valence-electron chi connectivity index (χ4n) is 1.50. The van der Waals surface area contributed by atoms with Gasteiger partial charge in [-0.2, -0.15) is 0 Å². The number of nitrogens with one attached hydrogen (secondary N) is 1. The number of hydrogen-bond donors (Lipinski definition) is 1. The summed E-state index contributed by atoms with van der Waals surface area (Å²) >= 11 is 0. The number of ether oxygens (including phenoxy) is 1. The molecule has 4 heteroatoms. The van der Waals surface area contributed by atoms with Gasteiger partial charge >= 0.3 is 5.97 Å². The first-order chi connectivity index (χ1) is 6.63. The van der Waals surface area contributed by atoms with Crippen LogP contribution in [-0.2, 0) is 9.53 Å². The highest BCUT2D eigenvalue weighted by Crippen LogP contribution is 2.04. The van der Waals surface area contributed by atoms with Gasteiger partial charge in [-0.15, -0.1) is 0 Å². The lowest BCUT2D eigenvalue weighted by atomic mass is 10.1. The molecule has 1 aliphatic rings. The quantitative estimate of drug-likeness (QED) is 0.645. The summed E-state index contributed by atoms with van der Waals surface area (Å²) in [6.45, 7) is 9.12. The maximum Gasteiger partial charge on any atom is 0.320 e. The van der Waals surface area contributed by atoms with Gasteiger partial charge in [-0.1, -0.05) is 6.92 Å². The van der Waals surface area contributed by atoms with E-state index in [0.717, 1.165) is 19.6 Å². The van der Waals surface area contributed by atoms with Crippen molar-refractivity contribution < 1.29 is 9.53 Å². The van der Waals surface area contributed by atoms with Gasteiger partial charge in [-0.05, 0) is 20.4 Å². The van der Waals surface area contributed by atoms with Crippen LogP contribution in [0.25, 0.3) is 0 Å². The highest BCUT2D eigenvalue weighted by atomic mass is 16.5. The molecule has 0 aromatic carbocycles. The molecule has 0 aliphatic carbocycles. The van der Waals surface area contributed by atoms with Crippen molar-refractivity contribution in [1.82, 2.24) is 10.2 Å². The van der Waals surface area contributed by atoms with Crippen LogP contribution in [0.5, 0.6) is 0 Å². The number of carbonyl (C=O) groups is 1. The van der Waals surface area contributed by atoms with Gasteiger partial charge in [0, 0.05) is 19.1 Å². The van der Waals surface area contributed by atoms with E-state index in [4.69, 9.17) is 4.74 Å². The first-order valence-electron chi connectivity index (χ1n) is 5.27. The van der Waals surface area contributed by atoms with Gasteiger partial charge in [0.15, 0.2) is 0 Å². The summed E-state index contributed by atoms with van der Waals surface area (Å²) in [7, 11) is 0. The second-order valence-electron chi connectivity index (χ2n) is 3.91. The van der Waals surface area contributed by atoms with Crippen LogP contribution in [-0.4, -0.2) is 49.2 Å². The minimum atomic E-state index is -0.117. The van der Waals surface area contributed by atoms with Crippen molar-refractivity contribution >= 4 is 5.97 Å². The minimum Gasteiger partial charge on any atom is -0.462 e. The van der Waals surface area contributed by atoms with Crippen molar-refractivity contribution in [3.63, 3.8) is 0 Å². The van der Waals surface area contributed by atoms with Gasteiger partial charge in [-0.3, -0.25) is 9.69 Å². The first kappa shape index (κ1) is 11.5. The summed E-state index contributed by atoms with van der Waals surface area (Å²) < 4.78 is 5.10. The van der Waals surface area contributed by atoms with E-state index < -0.39 is 0 Å². The zero-order valence-corrected chi connectivity index (χ0v) is 9.25. The van der Waals surface area contributed by atoms with Gasteiger partial charge in [0.1, 0.15) is 0 Å². The van der Waals surface area contributed by atoms with Crippen LogP contribution < -0.4 is 5.32 Å². The van der Waals surface area contributed by atoms with E-state index in [1.807, 2.05) is 13.8 Å². The lowest BCUT2D eigenvalue weighted by Gasteiger charge is -2.36. The van der Waals surface area contributed by atoms with Crippen LogP contribution in [0, 0.1) is 0 Å². The summed E-state index contributed by atoms with van der Waals surface area (Å²) in [6, 6.07) is 0.514. The Kier molecular flexibility index (Phi) is 4.35.